The summed E-state index contributed by atoms with van der Waals surface area (Å²) in [4.78, 5) is 1.89. The molecule has 4 nitrogen and oxygen atoms in total. The van der Waals surface area contributed by atoms with Gasteiger partial charge in [-0.15, -0.1) is 0 Å². The lowest BCUT2D eigenvalue weighted by atomic mass is 10.0. The topological polar surface area (TPSA) is 49.2 Å². The summed E-state index contributed by atoms with van der Waals surface area (Å²) in [6.07, 6.45) is 3.94. The third-order valence-corrected chi connectivity index (χ3v) is 3.73. The molecular weight excluding hydrogens is 234 g/mol. The number of hydrogen-bond acceptors (Lipinski definition) is 5. The molecule has 1 aliphatic carbocycles. The van der Waals surface area contributed by atoms with E-state index in [9.17, 15) is 5.11 Å². The van der Waals surface area contributed by atoms with E-state index in [-0.39, 0.29) is 0 Å². The molecule has 1 aliphatic rings. The number of hydrogen-bond donors (Lipinski definition) is 1. The molecule has 1 aromatic heterocycles. The van der Waals surface area contributed by atoms with Crippen molar-refractivity contribution in [1.29, 1.82) is 0 Å². The minimum atomic E-state index is -0.568. The fourth-order valence-electron chi connectivity index (χ4n) is 2.11. The Morgan fingerprint density at radius 1 is 1.47 bits per heavy atom. The van der Waals surface area contributed by atoms with E-state index in [1.807, 2.05) is 11.9 Å². The first kappa shape index (κ1) is 11.1. The Hall–Kier alpha value is -0.390. The highest BCUT2D eigenvalue weighted by Crippen LogP contribution is 2.32. The molecule has 0 amide bonds. The molecule has 0 radical (unpaired) electrons. The van der Waals surface area contributed by atoms with Gasteiger partial charge in [-0.05, 0) is 12.8 Å². The van der Waals surface area contributed by atoms with Gasteiger partial charge in [0.25, 0.3) is 0 Å². The molecule has 0 spiro atoms. The van der Waals surface area contributed by atoms with Crippen molar-refractivity contribution < 1.29 is 5.11 Å². The third kappa shape index (κ3) is 2.41. The normalized spacial score (nSPS) is 19.4. The van der Waals surface area contributed by atoms with Crippen molar-refractivity contribution in [3.63, 3.8) is 0 Å². The molecule has 0 unspecified atom stereocenters. The zero-order valence-corrected chi connectivity index (χ0v) is 10.2. The first-order valence-electron chi connectivity index (χ1n) is 5.02. The zero-order valence-electron chi connectivity index (χ0n) is 8.61. The maximum Gasteiger partial charge on any atom is 0.187 e. The van der Waals surface area contributed by atoms with Crippen LogP contribution >= 0.6 is 23.3 Å². The van der Waals surface area contributed by atoms with Crippen molar-refractivity contribution in [2.45, 2.75) is 31.3 Å². The Morgan fingerprint density at radius 3 is 2.67 bits per heavy atom. The van der Waals surface area contributed by atoms with E-state index < -0.39 is 5.60 Å². The second-order valence-electron chi connectivity index (χ2n) is 4.17. The Kier molecular flexibility index (Phi) is 3.13. The highest BCUT2D eigenvalue weighted by Gasteiger charge is 2.33. The number of likely N-dealkylation sites (N-methyl/N-ethyl adjacent to an activating group) is 1. The minimum absolute atomic E-state index is 0.420. The first-order chi connectivity index (χ1) is 7.11. The van der Waals surface area contributed by atoms with Crippen LogP contribution in [-0.2, 0) is 0 Å². The number of nitrogens with zero attached hydrogens (tertiary/aromatic N) is 3. The second-order valence-corrected chi connectivity index (χ2v) is 5.05. The average molecular weight is 248 g/mol. The molecular formula is C9H14ClN3OS. The second kappa shape index (κ2) is 4.23. The van der Waals surface area contributed by atoms with E-state index in [4.69, 9.17) is 11.6 Å². The Labute approximate surface area is 98.2 Å². The van der Waals surface area contributed by atoms with Crippen LogP contribution in [0.5, 0.6) is 0 Å². The number of rotatable bonds is 3. The Morgan fingerprint density at radius 2 is 2.13 bits per heavy atom. The van der Waals surface area contributed by atoms with Gasteiger partial charge in [-0.3, -0.25) is 0 Å². The molecule has 2 rings (SSSR count). The molecule has 0 saturated heterocycles. The predicted octanol–water partition coefficient (Wildman–Crippen LogP) is 1.93. The van der Waals surface area contributed by atoms with Gasteiger partial charge in [0, 0.05) is 13.6 Å². The van der Waals surface area contributed by atoms with Gasteiger partial charge in [-0.1, -0.05) is 24.4 Å². The minimum Gasteiger partial charge on any atom is -0.388 e. The summed E-state index contributed by atoms with van der Waals surface area (Å²) in [6, 6.07) is 0. The molecule has 1 heterocycles. The van der Waals surface area contributed by atoms with E-state index in [0.717, 1.165) is 37.4 Å². The lowest BCUT2D eigenvalue weighted by molar-refractivity contribution is 0.0558. The van der Waals surface area contributed by atoms with Crippen LogP contribution in [0, 0.1) is 0 Å². The maximum absolute atomic E-state index is 10.2. The number of halogens is 1. The molecule has 1 N–H and O–H groups in total. The van der Waals surface area contributed by atoms with Crippen LogP contribution in [0.15, 0.2) is 0 Å². The van der Waals surface area contributed by atoms with Crippen molar-refractivity contribution in [2.75, 3.05) is 18.5 Å². The molecule has 1 saturated carbocycles. The van der Waals surface area contributed by atoms with E-state index >= 15 is 0 Å². The lowest BCUT2D eigenvalue weighted by Crippen LogP contribution is -2.39. The fourth-order valence-corrected chi connectivity index (χ4v) is 2.93. The number of anilines is 1. The molecule has 0 bridgehead atoms. The summed E-state index contributed by atoms with van der Waals surface area (Å²) in [5.41, 5.74) is -0.568. The van der Waals surface area contributed by atoms with E-state index in [1.54, 1.807) is 0 Å². The summed E-state index contributed by atoms with van der Waals surface area (Å²) in [6.45, 7) is 0.581. The molecule has 84 valence electrons. The van der Waals surface area contributed by atoms with Crippen molar-refractivity contribution in [2.24, 2.45) is 0 Å². The average Bonchev–Trinajstić information content (AvgIpc) is 2.74. The largest absolute Gasteiger partial charge is 0.388 e. The molecule has 0 aliphatic heterocycles. The van der Waals surface area contributed by atoms with E-state index in [2.05, 4.69) is 8.75 Å². The standard InChI is InChI=1S/C9H14ClN3OS/c1-13(8-7(10)11-15-12-8)6-9(14)4-2-3-5-9/h14H,2-6H2,1H3. The molecule has 1 fully saturated rings. The number of aliphatic hydroxyl groups is 1. The van der Waals surface area contributed by atoms with Gasteiger partial charge in [-0.25, -0.2) is 0 Å². The van der Waals surface area contributed by atoms with Crippen LogP contribution in [0.4, 0.5) is 5.82 Å². The van der Waals surface area contributed by atoms with Crippen molar-refractivity contribution in [1.82, 2.24) is 8.75 Å². The molecule has 0 atom stereocenters. The smallest absolute Gasteiger partial charge is 0.187 e. The highest BCUT2D eigenvalue weighted by molar-refractivity contribution is 6.99. The van der Waals surface area contributed by atoms with Gasteiger partial charge >= 0.3 is 0 Å². The lowest BCUT2D eigenvalue weighted by Gasteiger charge is -2.28. The number of aromatic nitrogens is 2. The fraction of sp³-hybridized carbons (Fsp3) is 0.778. The van der Waals surface area contributed by atoms with Gasteiger partial charge in [0.05, 0.1) is 17.3 Å². The summed E-state index contributed by atoms with van der Waals surface area (Å²) < 4.78 is 8.01. The van der Waals surface area contributed by atoms with Crippen molar-refractivity contribution in [3.8, 4) is 0 Å². The van der Waals surface area contributed by atoms with Gasteiger partial charge < -0.3 is 10.0 Å². The van der Waals surface area contributed by atoms with Gasteiger partial charge in [0.15, 0.2) is 11.0 Å². The van der Waals surface area contributed by atoms with Crippen LogP contribution < -0.4 is 4.90 Å². The Balaban J connectivity index is 2.03. The maximum atomic E-state index is 10.2. The SMILES string of the molecule is CN(CC1(O)CCCC1)c1nsnc1Cl. The molecule has 15 heavy (non-hydrogen) atoms. The van der Waals surface area contributed by atoms with E-state index in [0.29, 0.717) is 17.5 Å². The zero-order chi connectivity index (χ0) is 10.9. The van der Waals surface area contributed by atoms with Crippen molar-refractivity contribution in [3.05, 3.63) is 5.15 Å². The summed E-state index contributed by atoms with van der Waals surface area (Å²) >= 11 is 6.98. The molecule has 0 aromatic carbocycles. The van der Waals surface area contributed by atoms with Crippen LogP contribution in [0.3, 0.4) is 0 Å². The van der Waals surface area contributed by atoms with Gasteiger partial charge in [0.1, 0.15) is 0 Å². The van der Waals surface area contributed by atoms with Crippen LogP contribution in [0.1, 0.15) is 25.7 Å². The quantitative estimate of drug-likeness (QED) is 0.887. The predicted molar refractivity (Wildman–Crippen MR) is 61.6 cm³/mol. The van der Waals surface area contributed by atoms with Crippen LogP contribution in [-0.4, -0.2) is 33.0 Å². The van der Waals surface area contributed by atoms with Crippen LogP contribution in [0.2, 0.25) is 5.15 Å². The van der Waals surface area contributed by atoms with Crippen LogP contribution in [0.25, 0.3) is 0 Å². The third-order valence-electron chi connectivity index (χ3n) is 2.86. The summed E-state index contributed by atoms with van der Waals surface area (Å²) in [7, 11) is 1.89. The molecule has 1 aromatic rings. The van der Waals surface area contributed by atoms with E-state index in [1.165, 1.54) is 0 Å². The van der Waals surface area contributed by atoms with Gasteiger partial charge in [-0.2, -0.15) is 8.75 Å². The summed E-state index contributed by atoms with van der Waals surface area (Å²) in [5, 5.41) is 10.6. The Bertz CT molecular complexity index is 338. The van der Waals surface area contributed by atoms with Crippen molar-refractivity contribution >= 4 is 29.1 Å². The highest BCUT2D eigenvalue weighted by atomic mass is 35.5. The van der Waals surface area contributed by atoms with Gasteiger partial charge in [0.2, 0.25) is 0 Å². The summed E-state index contributed by atoms with van der Waals surface area (Å²) in [5.74, 6) is 0.669. The monoisotopic (exact) mass is 247 g/mol. The first-order valence-corrected chi connectivity index (χ1v) is 6.13. The molecule has 6 heteroatoms.